The van der Waals surface area contributed by atoms with E-state index in [9.17, 15) is 14.4 Å². The summed E-state index contributed by atoms with van der Waals surface area (Å²) in [4.78, 5) is 42.9. The van der Waals surface area contributed by atoms with Crippen LogP contribution in [0, 0.1) is 0 Å². The Morgan fingerprint density at radius 2 is 1.86 bits per heavy atom. The maximum Gasteiger partial charge on any atom is 0.338 e. The predicted octanol–water partition coefficient (Wildman–Crippen LogP) is 3.54. The van der Waals surface area contributed by atoms with E-state index in [-0.39, 0.29) is 17.7 Å². The Kier molecular flexibility index (Phi) is 7.14. The Labute approximate surface area is 209 Å². The summed E-state index contributed by atoms with van der Waals surface area (Å²) in [5.41, 5.74) is 1.85. The van der Waals surface area contributed by atoms with Gasteiger partial charge >= 0.3 is 11.9 Å². The van der Waals surface area contributed by atoms with Gasteiger partial charge in [-0.25, -0.2) is 9.79 Å². The Balaban J connectivity index is 1.88. The summed E-state index contributed by atoms with van der Waals surface area (Å²) in [6.45, 7) is 6.63. The molecule has 1 unspecified atom stereocenters. The van der Waals surface area contributed by atoms with Gasteiger partial charge in [-0.05, 0) is 48.4 Å². The van der Waals surface area contributed by atoms with Gasteiger partial charge in [0.25, 0.3) is 5.56 Å². The molecule has 0 bridgehead atoms. The number of allylic oxidation sites excluding steroid dienone is 1. The molecule has 0 aliphatic carbocycles. The Hall–Kier alpha value is -3.75. The van der Waals surface area contributed by atoms with Crippen molar-refractivity contribution in [3.8, 4) is 5.75 Å². The summed E-state index contributed by atoms with van der Waals surface area (Å²) in [6, 6.07) is 13.0. The maximum atomic E-state index is 13.6. The highest BCUT2D eigenvalue weighted by atomic mass is 35.5. The molecule has 1 atom stereocenters. The van der Waals surface area contributed by atoms with Crippen LogP contribution in [-0.4, -0.2) is 23.1 Å². The van der Waals surface area contributed by atoms with Crippen LogP contribution >= 0.6 is 22.9 Å². The fraction of sp³-hybridized carbons (Fsp3) is 0.154. The first-order valence-electron chi connectivity index (χ1n) is 10.6. The molecule has 0 spiro atoms. The van der Waals surface area contributed by atoms with E-state index >= 15 is 0 Å². The lowest BCUT2D eigenvalue weighted by atomic mass is 9.96. The second-order valence-electron chi connectivity index (χ2n) is 7.68. The number of nitrogens with zero attached hydrogens (tertiary/aromatic N) is 2. The number of fused-ring (bicyclic) bond motifs is 1. The summed E-state index contributed by atoms with van der Waals surface area (Å²) in [5.74, 6) is -0.683. The minimum Gasteiger partial charge on any atom is -0.458 e. The third-order valence-electron chi connectivity index (χ3n) is 5.20. The van der Waals surface area contributed by atoms with E-state index in [2.05, 4.69) is 11.6 Å². The second-order valence-corrected chi connectivity index (χ2v) is 9.13. The standard InChI is InChI=1S/C26H21ClN2O5S/c1-4-13-33-25(32)22-15(2)28-26-29(23(22)18-7-11-20(12-8-18)34-16(3)30)24(31)21(35-26)14-17-5-9-19(27)10-6-17/h4-12,14,23H,1,13H2,2-3H3. The second kappa shape index (κ2) is 10.2. The van der Waals surface area contributed by atoms with E-state index in [0.29, 0.717) is 31.4 Å². The molecule has 2 heterocycles. The zero-order valence-corrected chi connectivity index (χ0v) is 20.6. The molecule has 2 aromatic carbocycles. The van der Waals surface area contributed by atoms with E-state index in [0.717, 1.165) is 5.56 Å². The molecule has 9 heteroatoms. The fourth-order valence-corrected chi connectivity index (χ4v) is 4.88. The third-order valence-corrected chi connectivity index (χ3v) is 6.43. The number of benzene rings is 2. The minimum atomic E-state index is -0.776. The minimum absolute atomic E-state index is 0.0225. The molecular formula is C26H21ClN2O5S. The lowest BCUT2D eigenvalue weighted by Crippen LogP contribution is -2.39. The SMILES string of the molecule is C=CCOC(=O)C1=C(C)N=c2sc(=Cc3ccc(Cl)cc3)c(=O)n2C1c1ccc(OC(C)=O)cc1. The normalized spacial score (nSPS) is 15.3. The largest absolute Gasteiger partial charge is 0.458 e. The average molecular weight is 509 g/mol. The molecule has 7 nitrogen and oxygen atoms in total. The number of esters is 2. The Morgan fingerprint density at radius 1 is 1.17 bits per heavy atom. The predicted molar refractivity (Wildman–Crippen MR) is 134 cm³/mol. The monoisotopic (exact) mass is 508 g/mol. The highest BCUT2D eigenvalue weighted by Crippen LogP contribution is 2.31. The highest BCUT2D eigenvalue weighted by molar-refractivity contribution is 7.07. The smallest absolute Gasteiger partial charge is 0.338 e. The van der Waals surface area contributed by atoms with E-state index < -0.39 is 18.0 Å². The average Bonchev–Trinajstić information content (AvgIpc) is 3.12. The van der Waals surface area contributed by atoms with Crippen LogP contribution < -0.4 is 19.6 Å². The fourth-order valence-electron chi connectivity index (χ4n) is 3.70. The van der Waals surface area contributed by atoms with Crippen LogP contribution in [0.4, 0.5) is 0 Å². The van der Waals surface area contributed by atoms with E-state index in [1.54, 1.807) is 49.4 Å². The molecule has 0 fully saturated rings. The molecular weight excluding hydrogens is 488 g/mol. The van der Waals surface area contributed by atoms with Crippen molar-refractivity contribution in [1.82, 2.24) is 4.57 Å². The van der Waals surface area contributed by atoms with Crippen LogP contribution in [0.2, 0.25) is 5.02 Å². The molecule has 0 saturated carbocycles. The third kappa shape index (κ3) is 5.18. The quantitative estimate of drug-likeness (QED) is 0.289. The van der Waals surface area contributed by atoms with Crippen molar-refractivity contribution in [2.24, 2.45) is 4.99 Å². The molecule has 1 aliphatic rings. The number of carbonyl (C=O) groups excluding carboxylic acids is 2. The van der Waals surface area contributed by atoms with Gasteiger partial charge in [-0.15, -0.1) is 0 Å². The van der Waals surface area contributed by atoms with E-state index in [1.165, 1.54) is 28.9 Å². The highest BCUT2D eigenvalue weighted by Gasteiger charge is 2.33. The van der Waals surface area contributed by atoms with Gasteiger partial charge in [-0.3, -0.25) is 14.2 Å². The number of hydrogen-bond donors (Lipinski definition) is 0. The zero-order valence-electron chi connectivity index (χ0n) is 19.0. The summed E-state index contributed by atoms with van der Waals surface area (Å²) >= 11 is 7.21. The van der Waals surface area contributed by atoms with Gasteiger partial charge in [-0.2, -0.15) is 0 Å². The van der Waals surface area contributed by atoms with E-state index in [1.807, 2.05) is 12.1 Å². The topological polar surface area (TPSA) is 87.0 Å². The van der Waals surface area contributed by atoms with Crippen molar-refractivity contribution in [2.45, 2.75) is 19.9 Å². The van der Waals surface area contributed by atoms with Crippen LogP contribution in [0.15, 0.2) is 82.2 Å². The molecule has 0 amide bonds. The van der Waals surface area contributed by atoms with Crippen molar-refractivity contribution in [2.75, 3.05) is 6.61 Å². The molecule has 178 valence electrons. The lowest BCUT2D eigenvalue weighted by Gasteiger charge is -2.24. The van der Waals surface area contributed by atoms with Gasteiger partial charge in [0.15, 0.2) is 4.80 Å². The molecule has 3 aromatic rings. The van der Waals surface area contributed by atoms with Crippen molar-refractivity contribution >= 4 is 41.0 Å². The van der Waals surface area contributed by atoms with Gasteiger partial charge in [0, 0.05) is 11.9 Å². The number of rotatable bonds is 6. The number of aromatic nitrogens is 1. The first kappa shape index (κ1) is 24.4. The number of hydrogen-bond acceptors (Lipinski definition) is 7. The van der Waals surface area contributed by atoms with Crippen molar-refractivity contribution in [3.63, 3.8) is 0 Å². The molecule has 1 aromatic heterocycles. The number of thiazole rings is 1. The molecule has 0 saturated heterocycles. The number of halogens is 1. The summed E-state index contributed by atoms with van der Waals surface area (Å²) in [7, 11) is 0. The summed E-state index contributed by atoms with van der Waals surface area (Å²) in [6.07, 6.45) is 3.23. The van der Waals surface area contributed by atoms with Crippen molar-refractivity contribution in [1.29, 1.82) is 0 Å². The van der Waals surface area contributed by atoms with Crippen molar-refractivity contribution in [3.05, 3.63) is 108 Å². The Morgan fingerprint density at radius 3 is 2.49 bits per heavy atom. The van der Waals surface area contributed by atoms with Gasteiger partial charge in [-0.1, -0.05) is 59.9 Å². The first-order chi connectivity index (χ1) is 16.8. The van der Waals surface area contributed by atoms with Gasteiger partial charge in [0.2, 0.25) is 0 Å². The molecule has 4 rings (SSSR count). The van der Waals surface area contributed by atoms with Gasteiger partial charge < -0.3 is 9.47 Å². The number of ether oxygens (including phenoxy) is 2. The van der Waals surface area contributed by atoms with Crippen LogP contribution in [0.3, 0.4) is 0 Å². The molecule has 35 heavy (non-hydrogen) atoms. The van der Waals surface area contributed by atoms with E-state index in [4.69, 9.17) is 21.1 Å². The van der Waals surface area contributed by atoms with Crippen LogP contribution in [0.1, 0.15) is 31.0 Å². The van der Waals surface area contributed by atoms with Gasteiger partial charge in [0.05, 0.1) is 21.8 Å². The molecule has 1 aliphatic heterocycles. The molecule has 0 N–H and O–H groups in total. The van der Waals surface area contributed by atoms with Crippen molar-refractivity contribution < 1.29 is 19.1 Å². The number of carbonyl (C=O) groups is 2. The summed E-state index contributed by atoms with van der Waals surface area (Å²) in [5, 5.41) is 0.596. The van der Waals surface area contributed by atoms with Crippen LogP contribution in [-0.2, 0) is 14.3 Å². The summed E-state index contributed by atoms with van der Waals surface area (Å²) < 4.78 is 12.4. The Bertz CT molecular complexity index is 1520. The van der Waals surface area contributed by atoms with Crippen LogP contribution in [0.25, 0.3) is 6.08 Å². The molecule has 0 radical (unpaired) electrons. The zero-order chi connectivity index (χ0) is 25.1. The van der Waals surface area contributed by atoms with Crippen LogP contribution in [0.5, 0.6) is 5.75 Å². The first-order valence-corrected chi connectivity index (χ1v) is 11.8. The maximum absolute atomic E-state index is 13.6. The lowest BCUT2D eigenvalue weighted by molar-refractivity contribution is -0.138. The van der Waals surface area contributed by atoms with Gasteiger partial charge in [0.1, 0.15) is 12.4 Å².